The summed E-state index contributed by atoms with van der Waals surface area (Å²) in [5, 5.41) is 8.31. The van der Waals surface area contributed by atoms with Crippen LogP contribution >= 0.6 is 0 Å². The van der Waals surface area contributed by atoms with Gasteiger partial charge in [0, 0.05) is 6.20 Å². The van der Waals surface area contributed by atoms with Gasteiger partial charge in [-0.2, -0.15) is 0 Å². The third-order valence-electron chi connectivity index (χ3n) is 2.90. The lowest BCUT2D eigenvalue weighted by molar-refractivity contribution is -0.0427. The Morgan fingerprint density at radius 3 is 2.13 bits per heavy atom. The molecule has 6 nitrogen and oxygen atoms in total. The summed E-state index contributed by atoms with van der Waals surface area (Å²) in [7, 11) is 0. The zero-order valence-electron chi connectivity index (χ0n) is 15.6. The van der Waals surface area contributed by atoms with Crippen molar-refractivity contribution >= 4 is 0 Å². The van der Waals surface area contributed by atoms with E-state index in [0.29, 0.717) is 39.6 Å². The lowest BCUT2D eigenvalue weighted by Crippen LogP contribution is -2.22. The molecule has 23 heavy (non-hydrogen) atoms. The summed E-state index contributed by atoms with van der Waals surface area (Å²) >= 11 is 0. The number of aromatic nitrogens is 3. The third kappa shape index (κ3) is 11.2. The van der Waals surface area contributed by atoms with E-state index in [1.807, 2.05) is 31.6 Å². The number of ether oxygens (including phenoxy) is 3. The minimum Gasteiger partial charge on any atom is -0.377 e. The molecule has 1 heterocycles. The third-order valence-corrected chi connectivity index (χ3v) is 2.90. The molecule has 0 atom stereocenters. The highest BCUT2D eigenvalue weighted by Crippen LogP contribution is 2.18. The molecule has 1 aromatic heterocycles. The van der Waals surface area contributed by atoms with Crippen LogP contribution in [0.1, 0.15) is 47.2 Å². The van der Waals surface area contributed by atoms with Crippen molar-refractivity contribution in [1.82, 2.24) is 15.0 Å². The number of hydrogen-bond acceptors (Lipinski definition) is 5. The minimum atomic E-state index is -0.108. The first-order valence-corrected chi connectivity index (χ1v) is 8.34. The Kier molecular flexibility index (Phi) is 8.16. The van der Waals surface area contributed by atoms with Gasteiger partial charge in [-0.15, -0.1) is 5.10 Å². The van der Waals surface area contributed by atoms with Crippen molar-refractivity contribution in [1.29, 1.82) is 0 Å². The molecule has 0 unspecified atom stereocenters. The first-order valence-electron chi connectivity index (χ1n) is 8.34. The first-order chi connectivity index (χ1) is 10.7. The second-order valence-corrected chi connectivity index (χ2v) is 7.90. The highest BCUT2D eigenvalue weighted by atomic mass is 16.5. The lowest BCUT2D eigenvalue weighted by atomic mass is 9.91. The van der Waals surface area contributed by atoms with E-state index in [-0.39, 0.29) is 11.0 Å². The van der Waals surface area contributed by atoms with E-state index in [2.05, 4.69) is 31.1 Å². The molecule has 6 heteroatoms. The van der Waals surface area contributed by atoms with Crippen LogP contribution in [-0.4, -0.2) is 53.6 Å². The van der Waals surface area contributed by atoms with Crippen LogP contribution in [0.25, 0.3) is 0 Å². The molecule has 0 spiro atoms. The summed E-state index contributed by atoms with van der Waals surface area (Å²) in [5.74, 6) is 0. The van der Waals surface area contributed by atoms with Gasteiger partial charge in [0.25, 0.3) is 0 Å². The molecule has 0 aliphatic rings. The lowest BCUT2D eigenvalue weighted by Gasteiger charge is -2.19. The van der Waals surface area contributed by atoms with Gasteiger partial charge in [-0.25, -0.2) is 4.68 Å². The molecule has 1 rings (SSSR count). The molecule has 0 aromatic carbocycles. The molecule has 0 aliphatic heterocycles. The summed E-state index contributed by atoms with van der Waals surface area (Å²) in [4.78, 5) is 0. The minimum absolute atomic E-state index is 0.108. The number of hydrogen-bond donors (Lipinski definition) is 0. The van der Waals surface area contributed by atoms with Gasteiger partial charge >= 0.3 is 0 Å². The molecule has 0 aliphatic carbocycles. The topological polar surface area (TPSA) is 58.4 Å². The Hall–Kier alpha value is -0.980. The molecule has 0 bridgehead atoms. The van der Waals surface area contributed by atoms with Crippen molar-refractivity contribution in [2.24, 2.45) is 5.41 Å². The zero-order chi connectivity index (χ0) is 17.3. The van der Waals surface area contributed by atoms with Crippen LogP contribution in [0.15, 0.2) is 6.20 Å². The number of nitrogens with zero attached hydrogens (tertiary/aromatic N) is 3. The molecule has 0 fully saturated rings. The molecule has 0 N–H and O–H groups in total. The maximum absolute atomic E-state index is 5.57. The fourth-order valence-corrected chi connectivity index (χ4v) is 1.96. The smallest absolute Gasteiger partial charge is 0.0832 e. The van der Waals surface area contributed by atoms with E-state index >= 15 is 0 Å². The van der Waals surface area contributed by atoms with Crippen molar-refractivity contribution in [3.05, 3.63) is 11.9 Å². The van der Waals surface area contributed by atoms with E-state index in [9.17, 15) is 0 Å². The maximum Gasteiger partial charge on any atom is 0.0832 e. The van der Waals surface area contributed by atoms with Gasteiger partial charge < -0.3 is 14.2 Å². The summed E-state index contributed by atoms with van der Waals surface area (Å²) in [6, 6.07) is 0. The van der Waals surface area contributed by atoms with Gasteiger partial charge in [0.1, 0.15) is 0 Å². The Labute approximate surface area is 140 Å². The van der Waals surface area contributed by atoms with Crippen LogP contribution in [0.2, 0.25) is 0 Å². The highest BCUT2D eigenvalue weighted by Gasteiger charge is 2.13. The summed E-state index contributed by atoms with van der Waals surface area (Å²) in [6.45, 7) is 16.4. The second-order valence-electron chi connectivity index (χ2n) is 7.90. The van der Waals surface area contributed by atoms with Crippen LogP contribution in [0.5, 0.6) is 0 Å². The van der Waals surface area contributed by atoms with Crippen molar-refractivity contribution in [2.45, 2.75) is 60.1 Å². The van der Waals surface area contributed by atoms with E-state index in [0.717, 1.165) is 12.1 Å². The molecular weight excluding hydrogens is 294 g/mol. The van der Waals surface area contributed by atoms with Crippen LogP contribution in [-0.2, 0) is 27.2 Å². The Bertz CT molecular complexity index is 433. The molecule has 0 saturated carbocycles. The predicted molar refractivity (Wildman–Crippen MR) is 90.5 cm³/mol. The van der Waals surface area contributed by atoms with Crippen molar-refractivity contribution < 1.29 is 14.2 Å². The van der Waals surface area contributed by atoms with E-state index in [4.69, 9.17) is 14.2 Å². The monoisotopic (exact) mass is 327 g/mol. The van der Waals surface area contributed by atoms with Crippen LogP contribution < -0.4 is 0 Å². The molecule has 0 radical (unpaired) electrons. The maximum atomic E-state index is 5.57. The highest BCUT2D eigenvalue weighted by molar-refractivity contribution is 4.95. The zero-order valence-corrected chi connectivity index (χ0v) is 15.6. The second kappa shape index (κ2) is 9.35. The van der Waals surface area contributed by atoms with E-state index in [1.165, 1.54) is 0 Å². The first kappa shape index (κ1) is 20.1. The van der Waals surface area contributed by atoms with Gasteiger partial charge in [-0.05, 0) is 32.6 Å². The molecule has 134 valence electrons. The molecular formula is C17H33N3O3. The molecule has 1 aromatic rings. The van der Waals surface area contributed by atoms with Gasteiger partial charge in [-0.1, -0.05) is 26.0 Å². The Balaban J connectivity index is 2.01. The fraction of sp³-hybridized carbons (Fsp3) is 0.882. The SMILES string of the molecule is CC(C)(C)Cc1cn(CCOCCOCCOC(C)(C)C)nn1. The summed E-state index contributed by atoms with van der Waals surface area (Å²) in [5.41, 5.74) is 1.15. The average molecular weight is 327 g/mol. The fourth-order valence-electron chi connectivity index (χ4n) is 1.96. The number of rotatable bonds is 10. The predicted octanol–water partition coefficient (Wildman–Crippen LogP) is 2.72. The Morgan fingerprint density at radius 1 is 0.913 bits per heavy atom. The van der Waals surface area contributed by atoms with E-state index < -0.39 is 0 Å². The van der Waals surface area contributed by atoms with Crippen LogP contribution in [0, 0.1) is 5.41 Å². The standard InChI is InChI=1S/C17H33N3O3/c1-16(2,3)13-15-14-20(19-18-15)7-8-21-9-10-22-11-12-23-17(4,5)6/h14H,7-13H2,1-6H3. The average Bonchev–Trinajstić information content (AvgIpc) is 2.80. The Morgan fingerprint density at radius 2 is 1.52 bits per heavy atom. The summed E-state index contributed by atoms with van der Waals surface area (Å²) < 4.78 is 18.4. The largest absolute Gasteiger partial charge is 0.377 e. The van der Waals surface area contributed by atoms with Gasteiger partial charge in [0.05, 0.1) is 50.9 Å². The van der Waals surface area contributed by atoms with Crippen molar-refractivity contribution in [2.75, 3.05) is 33.0 Å². The van der Waals surface area contributed by atoms with Gasteiger partial charge in [0.2, 0.25) is 0 Å². The van der Waals surface area contributed by atoms with E-state index in [1.54, 1.807) is 0 Å². The quantitative estimate of drug-likeness (QED) is 0.618. The van der Waals surface area contributed by atoms with Gasteiger partial charge in [0.15, 0.2) is 0 Å². The van der Waals surface area contributed by atoms with Crippen molar-refractivity contribution in [3.63, 3.8) is 0 Å². The normalized spacial score (nSPS) is 12.8. The van der Waals surface area contributed by atoms with Crippen molar-refractivity contribution in [3.8, 4) is 0 Å². The van der Waals surface area contributed by atoms with Crippen LogP contribution in [0.4, 0.5) is 0 Å². The summed E-state index contributed by atoms with van der Waals surface area (Å²) in [6.07, 6.45) is 2.92. The molecule has 0 saturated heterocycles. The van der Waals surface area contributed by atoms with Gasteiger partial charge in [-0.3, -0.25) is 0 Å². The molecule has 0 amide bonds. The van der Waals surface area contributed by atoms with Crippen LogP contribution in [0.3, 0.4) is 0 Å².